The first-order valence-corrected chi connectivity index (χ1v) is 8.48. The van der Waals surface area contributed by atoms with Gasteiger partial charge in [0.05, 0.1) is 28.6 Å². The van der Waals surface area contributed by atoms with E-state index in [1.807, 2.05) is 13.0 Å². The van der Waals surface area contributed by atoms with Gasteiger partial charge in [0.15, 0.2) is 0 Å². The molecule has 1 aromatic carbocycles. The van der Waals surface area contributed by atoms with E-state index in [4.69, 9.17) is 16.3 Å². The maximum absolute atomic E-state index is 12.1. The highest BCUT2D eigenvalue weighted by Gasteiger charge is 2.14. The summed E-state index contributed by atoms with van der Waals surface area (Å²) in [6.07, 6.45) is 0. The highest BCUT2D eigenvalue weighted by Crippen LogP contribution is 2.25. The number of aryl methyl sites for hydroxylation is 1. The van der Waals surface area contributed by atoms with Crippen molar-refractivity contribution in [2.75, 3.05) is 18.2 Å². The molecule has 0 saturated heterocycles. The van der Waals surface area contributed by atoms with Crippen LogP contribution in [0.2, 0.25) is 5.02 Å². The van der Waals surface area contributed by atoms with Gasteiger partial charge in [-0.15, -0.1) is 0 Å². The summed E-state index contributed by atoms with van der Waals surface area (Å²) < 4.78 is 5.12. The van der Waals surface area contributed by atoms with Crippen LogP contribution >= 0.6 is 23.4 Å². The molecule has 0 unspecified atom stereocenters. The zero-order valence-electron chi connectivity index (χ0n) is 13.3. The summed E-state index contributed by atoms with van der Waals surface area (Å²) in [5.74, 6) is -0.0865. The highest BCUT2D eigenvalue weighted by atomic mass is 35.5. The first kappa shape index (κ1) is 18.3. The molecular weight excluding hydrogens is 346 g/mol. The summed E-state index contributed by atoms with van der Waals surface area (Å²) in [6.45, 7) is 2.17. The molecule has 24 heavy (non-hydrogen) atoms. The molecule has 124 valence electrons. The number of anilines is 1. The molecule has 1 amide bonds. The van der Waals surface area contributed by atoms with E-state index in [1.165, 1.54) is 11.8 Å². The average Bonchev–Trinajstić information content (AvgIpc) is 2.55. The second-order valence-corrected chi connectivity index (χ2v) is 6.34. The Bertz CT molecular complexity index is 790. The average molecular weight is 362 g/mol. The Morgan fingerprint density at radius 2 is 2.21 bits per heavy atom. The van der Waals surface area contributed by atoms with Gasteiger partial charge in [-0.2, -0.15) is 5.26 Å². The van der Waals surface area contributed by atoms with Gasteiger partial charge >= 0.3 is 0 Å². The number of rotatable bonds is 6. The largest absolute Gasteiger partial charge is 0.380 e. The van der Waals surface area contributed by atoms with E-state index < -0.39 is 0 Å². The predicted octanol–water partition coefficient (Wildman–Crippen LogP) is 3.79. The van der Waals surface area contributed by atoms with Crippen molar-refractivity contribution in [1.29, 1.82) is 5.26 Å². The minimum Gasteiger partial charge on any atom is -0.380 e. The van der Waals surface area contributed by atoms with Crippen molar-refractivity contribution in [3.8, 4) is 6.07 Å². The van der Waals surface area contributed by atoms with E-state index in [0.717, 1.165) is 11.3 Å². The summed E-state index contributed by atoms with van der Waals surface area (Å²) in [6, 6.07) is 11.0. The van der Waals surface area contributed by atoms with Gasteiger partial charge in [-0.3, -0.25) is 4.79 Å². The number of thioether (sulfide) groups is 1. The molecule has 0 aliphatic rings. The molecule has 7 heteroatoms. The molecule has 2 rings (SSSR count). The van der Waals surface area contributed by atoms with Crippen LogP contribution in [0.1, 0.15) is 16.8 Å². The SMILES string of the molecule is COCc1cc(C)nc(SCC(=O)Nc2ccccc2Cl)c1C#N. The standard InChI is InChI=1S/C17H16ClN3O2S/c1-11-7-12(9-23-2)13(8-19)17(20-11)24-10-16(22)21-15-6-4-3-5-14(15)18/h3-7H,9-10H2,1-2H3,(H,21,22). The number of para-hydroxylation sites is 1. The molecule has 0 aliphatic heterocycles. The predicted molar refractivity (Wildman–Crippen MR) is 95.2 cm³/mol. The van der Waals surface area contributed by atoms with Crippen LogP contribution in [-0.4, -0.2) is 23.8 Å². The number of hydrogen-bond acceptors (Lipinski definition) is 5. The summed E-state index contributed by atoms with van der Waals surface area (Å²) in [5, 5.41) is 13.1. The van der Waals surface area contributed by atoms with Gasteiger partial charge in [0.25, 0.3) is 0 Å². The van der Waals surface area contributed by atoms with Gasteiger partial charge in [-0.05, 0) is 30.7 Å². The maximum atomic E-state index is 12.1. The maximum Gasteiger partial charge on any atom is 0.234 e. The third kappa shape index (κ3) is 4.71. The number of hydrogen-bond donors (Lipinski definition) is 1. The van der Waals surface area contributed by atoms with Crippen molar-refractivity contribution in [3.63, 3.8) is 0 Å². The second kappa shape index (κ2) is 8.69. The molecule has 0 aliphatic carbocycles. The molecule has 2 aromatic rings. The Hall–Kier alpha value is -2.07. The molecule has 1 heterocycles. The zero-order valence-corrected chi connectivity index (χ0v) is 14.9. The molecule has 0 spiro atoms. The number of methoxy groups -OCH3 is 1. The topological polar surface area (TPSA) is 75.0 Å². The van der Waals surface area contributed by atoms with Gasteiger partial charge in [0, 0.05) is 12.8 Å². The number of nitriles is 1. The minimum atomic E-state index is -0.214. The lowest BCUT2D eigenvalue weighted by atomic mass is 10.1. The van der Waals surface area contributed by atoms with Crippen LogP contribution in [0.15, 0.2) is 35.4 Å². The number of halogens is 1. The highest BCUT2D eigenvalue weighted by molar-refractivity contribution is 8.00. The number of carbonyl (C=O) groups excluding carboxylic acids is 1. The van der Waals surface area contributed by atoms with Crippen molar-refractivity contribution in [1.82, 2.24) is 4.98 Å². The van der Waals surface area contributed by atoms with Crippen LogP contribution in [0, 0.1) is 18.3 Å². The van der Waals surface area contributed by atoms with Gasteiger partial charge in [-0.25, -0.2) is 4.98 Å². The number of carbonyl (C=O) groups is 1. The monoisotopic (exact) mass is 361 g/mol. The lowest BCUT2D eigenvalue weighted by Gasteiger charge is -2.10. The van der Waals surface area contributed by atoms with Crippen molar-refractivity contribution in [2.24, 2.45) is 0 Å². The van der Waals surface area contributed by atoms with Crippen LogP contribution in [0.4, 0.5) is 5.69 Å². The van der Waals surface area contributed by atoms with E-state index in [2.05, 4.69) is 16.4 Å². The van der Waals surface area contributed by atoms with Crippen molar-refractivity contribution < 1.29 is 9.53 Å². The number of benzene rings is 1. The Labute approximate surface area is 150 Å². The molecule has 0 saturated carbocycles. The lowest BCUT2D eigenvalue weighted by Crippen LogP contribution is -2.14. The molecule has 1 N–H and O–H groups in total. The molecular formula is C17H16ClN3O2S. The Balaban J connectivity index is 2.10. The number of nitrogens with zero attached hydrogens (tertiary/aromatic N) is 2. The fourth-order valence-corrected chi connectivity index (χ4v) is 3.14. The van der Waals surface area contributed by atoms with Crippen LogP contribution in [0.3, 0.4) is 0 Å². The molecule has 0 atom stereocenters. The van der Waals surface area contributed by atoms with Crippen LogP contribution in [0.25, 0.3) is 0 Å². The first-order chi connectivity index (χ1) is 11.5. The van der Waals surface area contributed by atoms with Gasteiger partial charge < -0.3 is 10.1 Å². The van der Waals surface area contributed by atoms with Crippen molar-refractivity contribution in [3.05, 3.63) is 52.2 Å². The fraction of sp³-hybridized carbons (Fsp3) is 0.235. The van der Waals surface area contributed by atoms with E-state index in [9.17, 15) is 10.1 Å². The number of pyridine rings is 1. The summed E-state index contributed by atoms with van der Waals surface area (Å²) in [4.78, 5) is 16.5. The first-order valence-electron chi connectivity index (χ1n) is 7.12. The van der Waals surface area contributed by atoms with E-state index in [0.29, 0.717) is 27.9 Å². The van der Waals surface area contributed by atoms with Gasteiger partial charge in [0.1, 0.15) is 11.1 Å². The molecule has 5 nitrogen and oxygen atoms in total. The van der Waals surface area contributed by atoms with E-state index >= 15 is 0 Å². The third-order valence-corrected chi connectivity index (χ3v) is 4.40. The smallest absolute Gasteiger partial charge is 0.234 e. The normalized spacial score (nSPS) is 10.2. The Kier molecular flexibility index (Phi) is 6.62. The van der Waals surface area contributed by atoms with Crippen molar-refractivity contribution in [2.45, 2.75) is 18.6 Å². The Morgan fingerprint density at radius 1 is 1.46 bits per heavy atom. The number of amides is 1. The summed E-state index contributed by atoms with van der Waals surface area (Å²) in [5.41, 5.74) is 2.54. The van der Waals surface area contributed by atoms with Crippen LogP contribution in [0.5, 0.6) is 0 Å². The quantitative estimate of drug-likeness (QED) is 0.792. The van der Waals surface area contributed by atoms with E-state index in [1.54, 1.807) is 31.4 Å². The third-order valence-electron chi connectivity index (χ3n) is 3.10. The molecule has 1 aromatic heterocycles. The Morgan fingerprint density at radius 3 is 2.88 bits per heavy atom. The van der Waals surface area contributed by atoms with Crippen LogP contribution < -0.4 is 5.32 Å². The van der Waals surface area contributed by atoms with E-state index in [-0.39, 0.29) is 11.7 Å². The second-order valence-electron chi connectivity index (χ2n) is 4.96. The lowest BCUT2D eigenvalue weighted by molar-refractivity contribution is -0.113. The molecule has 0 bridgehead atoms. The van der Waals surface area contributed by atoms with Gasteiger partial charge in [-0.1, -0.05) is 35.5 Å². The minimum absolute atomic E-state index is 0.128. The molecule has 0 radical (unpaired) electrons. The number of nitrogens with one attached hydrogen (secondary N) is 1. The molecule has 0 fully saturated rings. The van der Waals surface area contributed by atoms with Crippen LogP contribution in [-0.2, 0) is 16.1 Å². The summed E-state index contributed by atoms with van der Waals surface area (Å²) in [7, 11) is 1.57. The fourth-order valence-electron chi connectivity index (χ4n) is 2.09. The zero-order chi connectivity index (χ0) is 17.5. The number of aromatic nitrogens is 1. The number of ether oxygens (including phenoxy) is 1. The van der Waals surface area contributed by atoms with Gasteiger partial charge in [0.2, 0.25) is 5.91 Å². The van der Waals surface area contributed by atoms with Crippen molar-refractivity contribution >= 4 is 35.0 Å². The summed E-state index contributed by atoms with van der Waals surface area (Å²) >= 11 is 7.23.